The Morgan fingerprint density at radius 1 is 1.00 bits per heavy atom. The number of carbonyl (C=O) groups excluding carboxylic acids is 1. The predicted octanol–water partition coefficient (Wildman–Crippen LogP) is 5.37. The minimum atomic E-state index is -0.0718. The van der Waals surface area contributed by atoms with Gasteiger partial charge in [0.2, 0.25) is 0 Å². The highest BCUT2D eigenvalue weighted by atomic mass is 35.5. The van der Waals surface area contributed by atoms with Gasteiger partial charge >= 0.3 is 0 Å². The van der Waals surface area contributed by atoms with Gasteiger partial charge in [0.05, 0.1) is 10.6 Å². The van der Waals surface area contributed by atoms with E-state index in [1.165, 1.54) is 38.0 Å². The van der Waals surface area contributed by atoms with E-state index in [-0.39, 0.29) is 39.8 Å². The van der Waals surface area contributed by atoms with E-state index in [2.05, 4.69) is 10.6 Å². The number of amides is 1. The molecule has 0 unspecified atom stereocenters. The highest BCUT2D eigenvalue weighted by Gasteiger charge is 2.16. The van der Waals surface area contributed by atoms with Crippen molar-refractivity contribution < 1.29 is 9.90 Å². The summed E-state index contributed by atoms with van der Waals surface area (Å²) in [6.07, 6.45) is 11.4. The van der Waals surface area contributed by atoms with Gasteiger partial charge in [-0.2, -0.15) is 0 Å². The van der Waals surface area contributed by atoms with Gasteiger partial charge in [-0.25, -0.2) is 0 Å². The number of aryl methyl sites for hydroxylation is 1. The summed E-state index contributed by atoms with van der Waals surface area (Å²) in [5.41, 5.74) is 1.71. The lowest BCUT2D eigenvalue weighted by atomic mass is 9.91. The number of carbonyl (C=O) groups is 1. The van der Waals surface area contributed by atoms with Crippen molar-refractivity contribution in [2.45, 2.75) is 64.2 Å². The largest absolute Gasteiger partial charge is 0.396 e. The third-order valence-electron chi connectivity index (χ3n) is 5.17. The van der Waals surface area contributed by atoms with Crippen molar-refractivity contribution in [3.63, 3.8) is 0 Å². The molecule has 1 saturated carbocycles. The van der Waals surface area contributed by atoms with Crippen LogP contribution in [0.25, 0.3) is 0 Å². The molecule has 1 aliphatic carbocycles. The van der Waals surface area contributed by atoms with Crippen LogP contribution in [0.4, 0.5) is 0 Å². The first-order valence-corrected chi connectivity index (χ1v) is 10.8. The summed E-state index contributed by atoms with van der Waals surface area (Å²) in [5, 5.41) is 15.7. The molecule has 0 atom stereocenters. The second kappa shape index (κ2) is 18.9. The van der Waals surface area contributed by atoms with Crippen LogP contribution >= 0.6 is 24.0 Å². The Labute approximate surface area is 196 Å². The molecule has 0 aliphatic heterocycles. The molecule has 5 radical (unpaired) electrons. The zero-order valence-corrected chi connectivity index (χ0v) is 19.8. The number of nitrogens with one attached hydrogen (secondary N) is 2. The zero-order valence-electron chi connectivity index (χ0n) is 18.2. The minimum Gasteiger partial charge on any atom is -0.396 e. The molecule has 0 aromatic heterocycles. The maximum Gasteiger partial charge on any atom is 0.252 e. The van der Waals surface area contributed by atoms with E-state index < -0.39 is 0 Å². The topological polar surface area (TPSA) is 61.4 Å². The van der Waals surface area contributed by atoms with Crippen molar-refractivity contribution in [2.24, 2.45) is 0 Å². The second-order valence-corrected chi connectivity index (χ2v) is 7.85. The van der Waals surface area contributed by atoms with Crippen LogP contribution in [0.1, 0.15) is 73.7 Å². The fourth-order valence-corrected chi connectivity index (χ4v) is 3.73. The fraction of sp³-hybridized carbons (Fsp3) is 0.583. The molecule has 1 amide bonds. The van der Waals surface area contributed by atoms with E-state index in [9.17, 15) is 4.79 Å². The molecule has 1 aliphatic rings. The summed E-state index contributed by atoms with van der Waals surface area (Å²) < 4.78 is 0. The number of aliphatic hydroxyl groups excluding tert-OH is 1. The van der Waals surface area contributed by atoms with Gasteiger partial charge in [0, 0.05) is 13.2 Å². The van der Waals surface area contributed by atoms with Crippen molar-refractivity contribution in [3.05, 3.63) is 55.1 Å². The van der Waals surface area contributed by atoms with E-state index in [0.717, 1.165) is 50.8 Å². The first-order chi connectivity index (χ1) is 13.2. The summed E-state index contributed by atoms with van der Waals surface area (Å²) in [4.78, 5) is 12.6. The normalized spacial score (nSPS) is 14.3. The van der Waals surface area contributed by atoms with Gasteiger partial charge in [0.25, 0.3) is 5.91 Å². The van der Waals surface area contributed by atoms with Crippen molar-refractivity contribution >= 4 is 29.9 Å². The SMILES string of the molecule is Cl.O=C(NC[C]1CCCCCCC1)c1cc(CCCNCCCO)ccc1Cl.[CH2].[CH2]. The van der Waals surface area contributed by atoms with Gasteiger partial charge in [-0.05, 0) is 68.8 Å². The molecule has 0 heterocycles. The molecule has 2 rings (SSSR count). The van der Waals surface area contributed by atoms with Crippen LogP contribution < -0.4 is 10.6 Å². The average molecular weight is 458 g/mol. The summed E-state index contributed by atoms with van der Waals surface area (Å²) in [6.45, 7) is 2.64. The molecule has 0 spiro atoms. The summed E-state index contributed by atoms with van der Waals surface area (Å²) in [5.74, 6) is 1.39. The lowest BCUT2D eigenvalue weighted by Crippen LogP contribution is -2.29. The van der Waals surface area contributed by atoms with E-state index in [1.807, 2.05) is 18.2 Å². The van der Waals surface area contributed by atoms with Crippen molar-refractivity contribution in [2.75, 3.05) is 26.2 Å². The number of benzene rings is 1. The highest BCUT2D eigenvalue weighted by Crippen LogP contribution is 2.24. The number of rotatable bonds is 10. The maximum absolute atomic E-state index is 12.6. The van der Waals surface area contributed by atoms with E-state index in [1.54, 1.807) is 0 Å². The molecule has 1 aromatic carbocycles. The van der Waals surface area contributed by atoms with Crippen molar-refractivity contribution in [1.29, 1.82) is 0 Å². The van der Waals surface area contributed by atoms with Crippen LogP contribution in [-0.2, 0) is 6.42 Å². The molecule has 0 bridgehead atoms. The monoisotopic (exact) mass is 457 g/mol. The van der Waals surface area contributed by atoms with Crippen LogP contribution in [-0.4, -0.2) is 37.3 Å². The van der Waals surface area contributed by atoms with Crippen LogP contribution in [0.2, 0.25) is 5.02 Å². The molecule has 4 nitrogen and oxygen atoms in total. The fourth-order valence-electron chi connectivity index (χ4n) is 3.53. The quantitative estimate of drug-likeness (QED) is 0.413. The molecule has 3 N–H and O–H groups in total. The molecular weight excluding hydrogens is 419 g/mol. The second-order valence-electron chi connectivity index (χ2n) is 7.45. The third kappa shape index (κ3) is 12.1. The van der Waals surface area contributed by atoms with Gasteiger partial charge in [0.1, 0.15) is 0 Å². The Bertz CT molecular complexity index is 562. The molecule has 1 fully saturated rings. The van der Waals surface area contributed by atoms with E-state index in [4.69, 9.17) is 16.7 Å². The number of aliphatic hydroxyl groups is 1. The van der Waals surface area contributed by atoms with E-state index in [0.29, 0.717) is 17.1 Å². The van der Waals surface area contributed by atoms with Gasteiger partial charge in [-0.15, -0.1) is 12.4 Å². The Morgan fingerprint density at radius 3 is 2.30 bits per heavy atom. The number of hydrogen-bond donors (Lipinski definition) is 3. The minimum absolute atomic E-state index is 0. The first kappa shape index (κ1) is 31.4. The molecule has 171 valence electrons. The Hall–Kier alpha value is -0.810. The predicted molar refractivity (Wildman–Crippen MR) is 130 cm³/mol. The number of hydrogen-bond acceptors (Lipinski definition) is 3. The lowest BCUT2D eigenvalue weighted by molar-refractivity contribution is 0.0954. The highest BCUT2D eigenvalue weighted by molar-refractivity contribution is 6.33. The Balaban J connectivity index is 0. The molecular formula is C24H39Cl2N2O2. The van der Waals surface area contributed by atoms with Crippen molar-refractivity contribution in [3.8, 4) is 0 Å². The van der Waals surface area contributed by atoms with Gasteiger partial charge in [-0.3, -0.25) is 4.79 Å². The molecule has 6 heteroatoms. The molecule has 1 aromatic rings. The lowest BCUT2D eigenvalue weighted by Gasteiger charge is -2.19. The molecule has 30 heavy (non-hydrogen) atoms. The smallest absolute Gasteiger partial charge is 0.252 e. The molecule has 0 saturated heterocycles. The maximum atomic E-state index is 12.6. The van der Waals surface area contributed by atoms with Gasteiger partial charge in [0.15, 0.2) is 0 Å². The van der Waals surface area contributed by atoms with Crippen molar-refractivity contribution in [1.82, 2.24) is 10.6 Å². The zero-order chi connectivity index (χ0) is 19.3. The average Bonchev–Trinajstić information content (AvgIpc) is 2.64. The standard InChI is InChI=1S/C22H34ClN2O2.2CH2.ClH/c23-21-12-11-18(10-6-13-24-14-7-15-26)16-20(21)22(27)25-17-19-8-4-2-1-3-5-9-19;;;/h11-12,16,24,26H,1-10,13-15,17H2,(H,25,27);2*1H2;1H. The van der Waals surface area contributed by atoms with Crippen LogP contribution in [0.5, 0.6) is 0 Å². The van der Waals surface area contributed by atoms with Crippen LogP contribution in [0.3, 0.4) is 0 Å². The number of halogens is 2. The Kier molecular flexibility index (Phi) is 19.8. The Morgan fingerprint density at radius 2 is 1.63 bits per heavy atom. The summed E-state index contributed by atoms with van der Waals surface area (Å²) >= 11 is 6.28. The summed E-state index contributed by atoms with van der Waals surface area (Å²) in [7, 11) is 0. The van der Waals surface area contributed by atoms with E-state index >= 15 is 0 Å². The van der Waals surface area contributed by atoms with Gasteiger partial charge < -0.3 is 15.7 Å². The third-order valence-corrected chi connectivity index (χ3v) is 5.50. The van der Waals surface area contributed by atoms with Crippen LogP contribution in [0.15, 0.2) is 18.2 Å². The van der Waals surface area contributed by atoms with Gasteiger partial charge in [-0.1, -0.05) is 64.6 Å². The van der Waals surface area contributed by atoms with Crippen LogP contribution in [0, 0.1) is 20.8 Å². The summed E-state index contributed by atoms with van der Waals surface area (Å²) in [6, 6.07) is 5.75. The first-order valence-electron chi connectivity index (χ1n) is 10.4.